The molecule has 100 valence electrons. The molecule has 0 heterocycles. The van der Waals surface area contributed by atoms with Crippen LogP contribution >= 0.6 is 0 Å². The van der Waals surface area contributed by atoms with Crippen LogP contribution in [0.15, 0.2) is 18.2 Å². The summed E-state index contributed by atoms with van der Waals surface area (Å²) in [4.78, 5) is 0. The minimum absolute atomic E-state index is 0.159. The average Bonchev–Trinajstić information content (AvgIpc) is 2.32. The van der Waals surface area contributed by atoms with Crippen LogP contribution in [0.25, 0.3) is 0 Å². The summed E-state index contributed by atoms with van der Waals surface area (Å²) < 4.78 is 5.74. The highest BCUT2D eigenvalue weighted by Crippen LogP contribution is 2.44. The van der Waals surface area contributed by atoms with E-state index in [4.69, 9.17) is 10.5 Å². The summed E-state index contributed by atoms with van der Waals surface area (Å²) in [6.07, 6.45) is 1.40. The average molecular weight is 248 g/mol. The van der Waals surface area contributed by atoms with Gasteiger partial charge in [-0.2, -0.15) is 0 Å². The number of nitrogens with two attached hydrogens (primary N) is 1. The van der Waals surface area contributed by atoms with Crippen molar-refractivity contribution in [1.29, 1.82) is 0 Å². The van der Waals surface area contributed by atoms with E-state index in [0.717, 1.165) is 24.4 Å². The van der Waals surface area contributed by atoms with Crippen LogP contribution in [0.5, 0.6) is 0 Å². The van der Waals surface area contributed by atoms with Crippen LogP contribution in [-0.2, 0) is 4.74 Å². The van der Waals surface area contributed by atoms with Gasteiger partial charge in [0.2, 0.25) is 0 Å². The molecule has 0 bridgehead atoms. The molecule has 1 fully saturated rings. The summed E-state index contributed by atoms with van der Waals surface area (Å²) >= 11 is 0. The third-order valence-electron chi connectivity index (χ3n) is 4.08. The molecular weight excluding hydrogens is 224 g/mol. The quantitative estimate of drug-likeness (QED) is 0.804. The first-order valence-electron chi connectivity index (χ1n) is 6.69. The van der Waals surface area contributed by atoms with Gasteiger partial charge < -0.3 is 15.8 Å². The first-order valence-corrected chi connectivity index (χ1v) is 6.69. The highest BCUT2D eigenvalue weighted by molar-refractivity contribution is 5.67. The summed E-state index contributed by atoms with van der Waals surface area (Å²) in [7, 11) is 0. The van der Waals surface area contributed by atoms with Gasteiger partial charge in [0.15, 0.2) is 0 Å². The predicted octanol–water partition coefficient (Wildman–Crippen LogP) is 3.19. The van der Waals surface area contributed by atoms with Gasteiger partial charge in [-0.05, 0) is 38.0 Å². The van der Waals surface area contributed by atoms with Gasteiger partial charge in [0.1, 0.15) is 0 Å². The van der Waals surface area contributed by atoms with E-state index in [1.54, 1.807) is 0 Å². The van der Waals surface area contributed by atoms with Crippen LogP contribution in [0.2, 0.25) is 0 Å². The summed E-state index contributed by atoms with van der Waals surface area (Å²) in [6, 6.07) is 6.54. The number of ether oxygens (including phenoxy) is 1. The van der Waals surface area contributed by atoms with Gasteiger partial charge in [0.25, 0.3) is 0 Å². The molecule has 3 nitrogen and oxygen atoms in total. The fraction of sp³-hybridized carbons (Fsp3) is 0.600. The second-order valence-electron chi connectivity index (χ2n) is 5.79. The number of anilines is 2. The third-order valence-corrected chi connectivity index (χ3v) is 4.08. The Kier molecular flexibility index (Phi) is 3.53. The molecule has 0 aromatic heterocycles. The van der Waals surface area contributed by atoms with Gasteiger partial charge in [-0.1, -0.05) is 19.9 Å². The molecule has 3 heteroatoms. The molecule has 0 radical (unpaired) electrons. The summed E-state index contributed by atoms with van der Waals surface area (Å²) in [5.41, 5.74) is 9.25. The third kappa shape index (κ3) is 2.32. The highest BCUT2D eigenvalue weighted by atomic mass is 16.5. The van der Waals surface area contributed by atoms with E-state index in [1.165, 1.54) is 5.56 Å². The maximum atomic E-state index is 6.00. The minimum atomic E-state index is 0.159. The molecule has 1 aromatic carbocycles. The Labute approximate surface area is 110 Å². The Bertz CT molecular complexity index is 429. The van der Waals surface area contributed by atoms with Crippen molar-refractivity contribution >= 4 is 11.4 Å². The Morgan fingerprint density at radius 2 is 2.17 bits per heavy atom. The van der Waals surface area contributed by atoms with E-state index in [0.29, 0.717) is 12.1 Å². The number of benzene rings is 1. The molecular formula is C15H24N2O. The number of nitrogen functional groups attached to an aromatic ring is 1. The first-order chi connectivity index (χ1) is 8.45. The van der Waals surface area contributed by atoms with E-state index in [1.807, 2.05) is 12.1 Å². The van der Waals surface area contributed by atoms with Gasteiger partial charge in [-0.3, -0.25) is 0 Å². The highest BCUT2D eigenvalue weighted by Gasteiger charge is 2.48. The Balaban J connectivity index is 2.05. The molecule has 0 spiro atoms. The summed E-state index contributed by atoms with van der Waals surface area (Å²) in [5, 5.41) is 3.56. The molecule has 1 aromatic rings. The van der Waals surface area contributed by atoms with Gasteiger partial charge in [0.05, 0.1) is 17.5 Å². The largest absolute Gasteiger partial charge is 0.397 e. The number of hydrogen-bond donors (Lipinski definition) is 2. The fourth-order valence-corrected chi connectivity index (χ4v) is 2.60. The standard InChI is InChI=1S/C15H24N2O/c1-5-18-14-9-13(15(14,3)4)17-12-8-10(2)6-7-11(12)16/h6-8,13-14,17H,5,9,16H2,1-4H3. The zero-order valence-corrected chi connectivity index (χ0v) is 11.8. The Hall–Kier alpha value is -1.22. The molecule has 2 rings (SSSR count). The number of nitrogens with one attached hydrogen (secondary N) is 1. The lowest BCUT2D eigenvalue weighted by molar-refractivity contribution is -0.0975. The Morgan fingerprint density at radius 3 is 2.78 bits per heavy atom. The van der Waals surface area contributed by atoms with Gasteiger partial charge in [-0.15, -0.1) is 0 Å². The van der Waals surface area contributed by atoms with Crippen LogP contribution in [0.3, 0.4) is 0 Å². The van der Waals surface area contributed by atoms with Gasteiger partial charge in [-0.25, -0.2) is 0 Å². The van der Waals surface area contributed by atoms with E-state index in [-0.39, 0.29) is 5.41 Å². The van der Waals surface area contributed by atoms with E-state index < -0.39 is 0 Å². The van der Waals surface area contributed by atoms with Crippen LogP contribution in [0, 0.1) is 12.3 Å². The van der Waals surface area contributed by atoms with E-state index in [9.17, 15) is 0 Å². The fourth-order valence-electron chi connectivity index (χ4n) is 2.60. The number of hydrogen-bond acceptors (Lipinski definition) is 3. The van der Waals surface area contributed by atoms with Crippen molar-refractivity contribution in [2.45, 2.75) is 46.3 Å². The first kappa shape index (κ1) is 13.2. The number of rotatable bonds is 4. The normalized spacial score (nSPS) is 25.6. The van der Waals surface area contributed by atoms with Crippen molar-refractivity contribution in [3.8, 4) is 0 Å². The lowest BCUT2D eigenvalue weighted by atomic mass is 9.64. The minimum Gasteiger partial charge on any atom is -0.397 e. The molecule has 0 aliphatic heterocycles. The summed E-state index contributed by atoms with van der Waals surface area (Å²) in [6.45, 7) is 9.42. The monoisotopic (exact) mass is 248 g/mol. The van der Waals surface area contributed by atoms with Crippen LogP contribution in [0.1, 0.15) is 32.8 Å². The van der Waals surface area contributed by atoms with Crippen LogP contribution in [0.4, 0.5) is 11.4 Å². The van der Waals surface area contributed by atoms with Gasteiger partial charge >= 0.3 is 0 Å². The number of aryl methyl sites for hydroxylation is 1. The molecule has 0 saturated heterocycles. The van der Waals surface area contributed by atoms with Crippen molar-refractivity contribution in [2.24, 2.45) is 5.41 Å². The lowest BCUT2D eigenvalue weighted by Gasteiger charge is -2.52. The summed E-state index contributed by atoms with van der Waals surface area (Å²) in [5.74, 6) is 0. The second kappa shape index (κ2) is 4.81. The topological polar surface area (TPSA) is 47.3 Å². The molecule has 1 aliphatic rings. The zero-order chi connectivity index (χ0) is 13.3. The van der Waals surface area contributed by atoms with E-state index in [2.05, 4.69) is 39.1 Å². The van der Waals surface area contributed by atoms with Crippen molar-refractivity contribution < 1.29 is 4.74 Å². The molecule has 3 N–H and O–H groups in total. The molecule has 1 saturated carbocycles. The molecule has 2 unspecified atom stereocenters. The molecule has 0 amide bonds. The maximum absolute atomic E-state index is 6.00. The molecule has 1 aliphatic carbocycles. The Morgan fingerprint density at radius 1 is 1.44 bits per heavy atom. The van der Waals surface area contributed by atoms with Crippen molar-refractivity contribution in [3.63, 3.8) is 0 Å². The molecule has 2 atom stereocenters. The predicted molar refractivity (Wildman–Crippen MR) is 76.8 cm³/mol. The van der Waals surface area contributed by atoms with Crippen LogP contribution in [-0.4, -0.2) is 18.8 Å². The van der Waals surface area contributed by atoms with Crippen molar-refractivity contribution in [2.75, 3.05) is 17.7 Å². The smallest absolute Gasteiger partial charge is 0.0665 e. The lowest BCUT2D eigenvalue weighted by Crippen LogP contribution is -2.58. The SMILES string of the molecule is CCOC1CC(Nc2cc(C)ccc2N)C1(C)C. The van der Waals surface area contributed by atoms with Crippen LogP contribution < -0.4 is 11.1 Å². The molecule has 18 heavy (non-hydrogen) atoms. The zero-order valence-electron chi connectivity index (χ0n) is 11.8. The van der Waals surface area contributed by atoms with E-state index >= 15 is 0 Å². The second-order valence-corrected chi connectivity index (χ2v) is 5.79. The van der Waals surface area contributed by atoms with Gasteiger partial charge in [0, 0.05) is 18.1 Å². The maximum Gasteiger partial charge on any atom is 0.0665 e. The van der Waals surface area contributed by atoms with Crippen molar-refractivity contribution in [1.82, 2.24) is 0 Å². The van der Waals surface area contributed by atoms with Crippen molar-refractivity contribution in [3.05, 3.63) is 23.8 Å².